The average Bonchev–Trinajstić information content (AvgIpc) is 2.92. The first kappa shape index (κ1) is 11.6. The zero-order chi connectivity index (χ0) is 12.5. The maximum absolute atomic E-state index is 12.1. The summed E-state index contributed by atoms with van der Waals surface area (Å²) in [7, 11) is 0. The second kappa shape index (κ2) is 4.65. The van der Waals surface area contributed by atoms with Gasteiger partial charge in [-0.2, -0.15) is 0 Å². The summed E-state index contributed by atoms with van der Waals surface area (Å²) in [6, 6.07) is 2.23. The highest BCUT2D eigenvalue weighted by Gasteiger charge is 2.28. The first-order valence-corrected chi connectivity index (χ1v) is 6.57. The van der Waals surface area contributed by atoms with Crippen LogP contribution in [-0.2, 0) is 4.74 Å². The molecule has 2 aliphatic rings. The Hall–Kier alpha value is -1.49. The van der Waals surface area contributed by atoms with Crippen LogP contribution in [0.4, 0.5) is 5.69 Å². The molecule has 2 heterocycles. The fraction of sp³-hybridized carbons (Fsp3) is 0.615. The topological polar surface area (TPSA) is 69.3 Å². The summed E-state index contributed by atoms with van der Waals surface area (Å²) in [4.78, 5) is 12.1. The predicted molar refractivity (Wildman–Crippen MR) is 68.4 cm³/mol. The molecular weight excluding hydrogens is 230 g/mol. The SMILES string of the molecule is Nc1cc(C(=O)NCC2CCOC2)n(C2CC2)c1. The number of aromatic nitrogens is 1. The van der Waals surface area contributed by atoms with Crippen molar-refractivity contribution in [1.29, 1.82) is 0 Å². The quantitative estimate of drug-likeness (QED) is 0.841. The molecule has 1 aromatic rings. The Morgan fingerprint density at radius 2 is 2.33 bits per heavy atom. The van der Waals surface area contributed by atoms with Gasteiger partial charge in [0.1, 0.15) is 5.69 Å². The summed E-state index contributed by atoms with van der Waals surface area (Å²) in [6.07, 6.45) is 5.19. The molecule has 1 aromatic heterocycles. The normalized spacial score (nSPS) is 23.2. The summed E-state index contributed by atoms with van der Waals surface area (Å²) >= 11 is 0. The van der Waals surface area contributed by atoms with E-state index in [4.69, 9.17) is 10.5 Å². The highest BCUT2D eigenvalue weighted by molar-refractivity contribution is 5.93. The number of carbonyl (C=O) groups excluding carboxylic acids is 1. The van der Waals surface area contributed by atoms with Crippen LogP contribution in [0.5, 0.6) is 0 Å². The summed E-state index contributed by atoms with van der Waals surface area (Å²) in [5.41, 5.74) is 7.13. The van der Waals surface area contributed by atoms with Gasteiger partial charge in [-0.25, -0.2) is 0 Å². The summed E-state index contributed by atoms with van der Waals surface area (Å²) in [6.45, 7) is 2.26. The summed E-state index contributed by atoms with van der Waals surface area (Å²) < 4.78 is 7.30. The van der Waals surface area contributed by atoms with Gasteiger partial charge < -0.3 is 20.4 Å². The highest BCUT2D eigenvalue weighted by atomic mass is 16.5. The Labute approximate surface area is 106 Å². The van der Waals surface area contributed by atoms with Crippen molar-refractivity contribution in [1.82, 2.24) is 9.88 Å². The van der Waals surface area contributed by atoms with Gasteiger partial charge in [0.2, 0.25) is 0 Å². The number of carbonyl (C=O) groups is 1. The molecule has 18 heavy (non-hydrogen) atoms. The molecule has 3 rings (SSSR count). The maximum Gasteiger partial charge on any atom is 0.268 e. The van der Waals surface area contributed by atoms with E-state index in [1.807, 2.05) is 10.8 Å². The summed E-state index contributed by atoms with van der Waals surface area (Å²) in [5.74, 6) is 0.432. The number of nitrogens with two attached hydrogens (primary N) is 1. The van der Waals surface area contributed by atoms with Crippen LogP contribution < -0.4 is 11.1 Å². The van der Waals surface area contributed by atoms with Gasteiger partial charge in [0.15, 0.2) is 0 Å². The predicted octanol–water partition coefficient (Wildman–Crippen LogP) is 1.17. The van der Waals surface area contributed by atoms with Crippen molar-refractivity contribution in [2.45, 2.75) is 25.3 Å². The maximum atomic E-state index is 12.1. The minimum Gasteiger partial charge on any atom is -0.397 e. The molecule has 1 amide bonds. The van der Waals surface area contributed by atoms with Crippen LogP contribution in [0.25, 0.3) is 0 Å². The lowest BCUT2D eigenvalue weighted by Gasteiger charge is -2.11. The fourth-order valence-corrected chi connectivity index (χ4v) is 2.41. The second-order valence-electron chi connectivity index (χ2n) is 5.24. The monoisotopic (exact) mass is 249 g/mol. The molecular formula is C13H19N3O2. The van der Waals surface area contributed by atoms with Crippen molar-refractivity contribution in [3.8, 4) is 0 Å². The van der Waals surface area contributed by atoms with Crippen LogP contribution in [0.15, 0.2) is 12.3 Å². The van der Waals surface area contributed by atoms with Gasteiger partial charge in [-0.05, 0) is 25.3 Å². The van der Waals surface area contributed by atoms with E-state index >= 15 is 0 Å². The molecule has 0 bridgehead atoms. The van der Waals surface area contributed by atoms with E-state index in [-0.39, 0.29) is 5.91 Å². The van der Waals surface area contributed by atoms with E-state index < -0.39 is 0 Å². The molecule has 3 N–H and O–H groups in total. The minimum absolute atomic E-state index is 0.0227. The van der Waals surface area contributed by atoms with E-state index in [1.165, 1.54) is 0 Å². The van der Waals surface area contributed by atoms with Gasteiger partial charge in [0.25, 0.3) is 5.91 Å². The van der Waals surface area contributed by atoms with Crippen molar-refractivity contribution in [3.05, 3.63) is 18.0 Å². The second-order valence-corrected chi connectivity index (χ2v) is 5.24. The van der Waals surface area contributed by atoms with Crippen molar-refractivity contribution < 1.29 is 9.53 Å². The number of anilines is 1. The van der Waals surface area contributed by atoms with Crippen molar-refractivity contribution in [2.24, 2.45) is 5.92 Å². The zero-order valence-corrected chi connectivity index (χ0v) is 10.4. The van der Waals surface area contributed by atoms with E-state index in [9.17, 15) is 4.79 Å². The van der Waals surface area contributed by atoms with E-state index in [0.29, 0.717) is 29.9 Å². The van der Waals surface area contributed by atoms with E-state index in [2.05, 4.69) is 5.32 Å². The fourth-order valence-electron chi connectivity index (χ4n) is 2.41. The number of hydrogen-bond donors (Lipinski definition) is 2. The summed E-state index contributed by atoms with van der Waals surface area (Å²) in [5, 5.41) is 2.98. The number of hydrogen-bond acceptors (Lipinski definition) is 3. The Bertz CT molecular complexity index is 445. The van der Waals surface area contributed by atoms with Crippen LogP contribution in [-0.4, -0.2) is 30.2 Å². The third-order valence-corrected chi connectivity index (χ3v) is 3.62. The van der Waals surface area contributed by atoms with E-state index in [1.54, 1.807) is 6.07 Å². The van der Waals surface area contributed by atoms with Gasteiger partial charge in [-0.3, -0.25) is 4.79 Å². The number of nitrogen functional groups attached to an aromatic ring is 1. The third-order valence-electron chi connectivity index (χ3n) is 3.62. The Balaban J connectivity index is 1.64. The molecule has 1 aliphatic heterocycles. The molecule has 0 aromatic carbocycles. The van der Waals surface area contributed by atoms with Crippen molar-refractivity contribution in [3.63, 3.8) is 0 Å². The number of nitrogens with zero attached hydrogens (tertiary/aromatic N) is 1. The van der Waals surface area contributed by atoms with Gasteiger partial charge >= 0.3 is 0 Å². The molecule has 0 spiro atoms. The lowest BCUT2D eigenvalue weighted by atomic mass is 10.1. The molecule has 5 nitrogen and oxygen atoms in total. The van der Waals surface area contributed by atoms with Crippen LogP contribution >= 0.6 is 0 Å². The smallest absolute Gasteiger partial charge is 0.268 e. The zero-order valence-electron chi connectivity index (χ0n) is 10.4. The highest BCUT2D eigenvalue weighted by Crippen LogP contribution is 2.37. The molecule has 1 unspecified atom stereocenters. The van der Waals surface area contributed by atoms with Crippen LogP contribution in [0.1, 0.15) is 35.8 Å². The lowest BCUT2D eigenvalue weighted by molar-refractivity contribution is 0.0935. The minimum atomic E-state index is -0.0227. The Morgan fingerprint density at radius 1 is 1.50 bits per heavy atom. The van der Waals surface area contributed by atoms with Gasteiger partial charge in [-0.1, -0.05) is 0 Å². The third kappa shape index (κ3) is 2.36. The number of rotatable bonds is 4. The lowest BCUT2D eigenvalue weighted by Crippen LogP contribution is -2.30. The average molecular weight is 249 g/mol. The van der Waals surface area contributed by atoms with Crippen molar-refractivity contribution in [2.75, 3.05) is 25.5 Å². The molecule has 1 saturated carbocycles. The first-order chi connectivity index (χ1) is 8.74. The molecule has 1 saturated heterocycles. The first-order valence-electron chi connectivity index (χ1n) is 6.57. The molecule has 1 atom stereocenters. The van der Waals surface area contributed by atoms with E-state index in [0.717, 1.165) is 32.5 Å². The van der Waals surface area contributed by atoms with Crippen LogP contribution in [0, 0.1) is 5.92 Å². The Kier molecular flexibility index (Phi) is 2.99. The molecule has 5 heteroatoms. The molecule has 2 fully saturated rings. The van der Waals surface area contributed by atoms with Crippen LogP contribution in [0.3, 0.4) is 0 Å². The van der Waals surface area contributed by atoms with Gasteiger partial charge in [0, 0.05) is 31.3 Å². The molecule has 0 radical (unpaired) electrons. The molecule has 98 valence electrons. The molecule has 1 aliphatic carbocycles. The van der Waals surface area contributed by atoms with Crippen molar-refractivity contribution >= 4 is 11.6 Å². The number of nitrogens with one attached hydrogen (secondary N) is 1. The number of ether oxygens (including phenoxy) is 1. The number of amides is 1. The van der Waals surface area contributed by atoms with Gasteiger partial charge in [0.05, 0.1) is 12.3 Å². The van der Waals surface area contributed by atoms with Gasteiger partial charge in [-0.15, -0.1) is 0 Å². The van der Waals surface area contributed by atoms with Crippen LogP contribution in [0.2, 0.25) is 0 Å². The Morgan fingerprint density at radius 3 is 3.00 bits per heavy atom. The standard InChI is InChI=1S/C13H19N3O2/c14-10-5-12(16(7-10)11-1-2-11)13(17)15-6-9-3-4-18-8-9/h5,7,9,11H,1-4,6,8,14H2,(H,15,17). The largest absolute Gasteiger partial charge is 0.397 e.